The van der Waals surface area contributed by atoms with Gasteiger partial charge in [-0.1, -0.05) is 24.3 Å². The standard InChI is InChI=1S/C15H11BrClNO/c16-14-6-2-5-13(8-17)15(14)19-10-12-4-1-3-11(7-12)9-18/h1-7H,8,10H2. The Hall–Kier alpha value is -1.50. The van der Waals surface area contributed by atoms with E-state index in [1.54, 1.807) is 6.07 Å². The van der Waals surface area contributed by atoms with E-state index in [4.69, 9.17) is 21.6 Å². The van der Waals surface area contributed by atoms with Crippen molar-refractivity contribution < 1.29 is 4.74 Å². The maximum absolute atomic E-state index is 8.86. The van der Waals surface area contributed by atoms with Gasteiger partial charge in [0.05, 0.1) is 22.0 Å². The van der Waals surface area contributed by atoms with Gasteiger partial charge < -0.3 is 4.74 Å². The van der Waals surface area contributed by atoms with E-state index >= 15 is 0 Å². The van der Waals surface area contributed by atoms with Crippen molar-refractivity contribution in [2.45, 2.75) is 12.5 Å². The molecular formula is C15H11BrClNO. The van der Waals surface area contributed by atoms with E-state index in [2.05, 4.69) is 22.0 Å². The summed E-state index contributed by atoms with van der Waals surface area (Å²) in [4.78, 5) is 0. The van der Waals surface area contributed by atoms with Crippen LogP contribution in [0.15, 0.2) is 46.9 Å². The van der Waals surface area contributed by atoms with Crippen LogP contribution in [0.5, 0.6) is 5.75 Å². The van der Waals surface area contributed by atoms with Gasteiger partial charge in [0.2, 0.25) is 0 Å². The number of hydrogen-bond donors (Lipinski definition) is 0. The smallest absolute Gasteiger partial charge is 0.138 e. The summed E-state index contributed by atoms with van der Waals surface area (Å²) in [6, 6.07) is 15.2. The lowest BCUT2D eigenvalue weighted by molar-refractivity contribution is 0.302. The van der Waals surface area contributed by atoms with Crippen LogP contribution in [0, 0.1) is 11.3 Å². The van der Waals surface area contributed by atoms with Crippen molar-refractivity contribution in [2.24, 2.45) is 0 Å². The van der Waals surface area contributed by atoms with Crippen molar-refractivity contribution in [3.63, 3.8) is 0 Å². The highest BCUT2D eigenvalue weighted by atomic mass is 79.9. The zero-order valence-electron chi connectivity index (χ0n) is 10.1. The topological polar surface area (TPSA) is 33.0 Å². The number of ether oxygens (including phenoxy) is 1. The third-order valence-electron chi connectivity index (χ3n) is 2.63. The molecule has 0 saturated heterocycles. The molecule has 0 aromatic heterocycles. The number of nitrogens with zero attached hydrogens (tertiary/aromatic N) is 1. The van der Waals surface area contributed by atoms with Gasteiger partial charge in [-0.3, -0.25) is 0 Å². The Balaban J connectivity index is 2.17. The zero-order chi connectivity index (χ0) is 13.7. The molecule has 0 amide bonds. The number of alkyl halides is 1. The van der Waals surface area contributed by atoms with Crippen molar-refractivity contribution in [1.82, 2.24) is 0 Å². The third kappa shape index (κ3) is 3.50. The monoisotopic (exact) mass is 335 g/mol. The van der Waals surface area contributed by atoms with Crippen molar-refractivity contribution in [1.29, 1.82) is 5.26 Å². The van der Waals surface area contributed by atoms with Crippen molar-refractivity contribution in [3.8, 4) is 11.8 Å². The second-order valence-electron chi connectivity index (χ2n) is 3.96. The zero-order valence-corrected chi connectivity index (χ0v) is 12.4. The summed E-state index contributed by atoms with van der Waals surface area (Å²) in [5.74, 6) is 1.15. The fourth-order valence-electron chi connectivity index (χ4n) is 1.71. The van der Waals surface area contributed by atoms with E-state index in [1.165, 1.54) is 0 Å². The van der Waals surface area contributed by atoms with Gasteiger partial charge in [0.25, 0.3) is 0 Å². The molecule has 0 N–H and O–H groups in total. The Morgan fingerprint density at radius 2 is 2.00 bits per heavy atom. The van der Waals surface area contributed by atoms with Gasteiger partial charge in [0, 0.05) is 5.56 Å². The van der Waals surface area contributed by atoms with Crippen molar-refractivity contribution in [2.75, 3.05) is 0 Å². The molecular weight excluding hydrogens is 326 g/mol. The molecule has 2 nitrogen and oxygen atoms in total. The highest BCUT2D eigenvalue weighted by molar-refractivity contribution is 9.10. The first-order chi connectivity index (χ1) is 9.24. The van der Waals surface area contributed by atoms with Gasteiger partial charge >= 0.3 is 0 Å². The molecule has 0 radical (unpaired) electrons. The van der Waals surface area contributed by atoms with Crippen LogP contribution in [0.4, 0.5) is 0 Å². The quantitative estimate of drug-likeness (QED) is 0.762. The normalized spacial score (nSPS) is 9.95. The Labute approximate surface area is 125 Å². The number of nitriles is 1. The molecule has 19 heavy (non-hydrogen) atoms. The molecule has 0 heterocycles. The summed E-state index contributed by atoms with van der Waals surface area (Å²) >= 11 is 9.34. The van der Waals surface area contributed by atoms with E-state index in [1.807, 2.05) is 36.4 Å². The minimum Gasteiger partial charge on any atom is -0.487 e. The summed E-state index contributed by atoms with van der Waals surface area (Å²) in [5, 5.41) is 8.86. The Bertz CT molecular complexity index is 622. The molecule has 0 fully saturated rings. The van der Waals surface area contributed by atoms with Gasteiger partial charge in [-0.2, -0.15) is 5.26 Å². The molecule has 0 atom stereocenters. The van der Waals surface area contributed by atoms with Crippen LogP contribution < -0.4 is 4.74 Å². The first-order valence-electron chi connectivity index (χ1n) is 5.70. The SMILES string of the molecule is N#Cc1cccc(COc2c(Br)cccc2CCl)c1. The van der Waals surface area contributed by atoms with Crippen LogP contribution in [-0.2, 0) is 12.5 Å². The van der Waals surface area contributed by atoms with E-state index in [0.29, 0.717) is 18.1 Å². The molecule has 0 bridgehead atoms. The molecule has 0 aliphatic rings. The second kappa shape index (κ2) is 6.60. The van der Waals surface area contributed by atoms with Gasteiger partial charge in [-0.15, -0.1) is 11.6 Å². The van der Waals surface area contributed by atoms with Crippen LogP contribution >= 0.6 is 27.5 Å². The minimum atomic E-state index is 0.396. The second-order valence-corrected chi connectivity index (χ2v) is 5.08. The lowest BCUT2D eigenvalue weighted by Gasteiger charge is -2.12. The van der Waals surface area contributed by atoms with Gasteiger partial charge in [-0.05, 0) is 39.7 Å². The molecule has 0 saturated carbocycles. The summed E-state index contributed by atoms with van der Waals surface area (Å²) in [7, 11) is 0. The van der Waals surface area contributed by atoms with E-state index < -0.39 is 0 Å². The summed E-state index contributed by atoms with van der Waals surface area (Å²) < 4.78 is 6.68. The molecule has 0 unspecified atom stereocenters. The maximum Gasteiger partial charge on any atom is 0.138 e. The molecule has 0 aliphatic heterocycles. The predicted octanol–water partition coefficient (Wildman–Crippen LogP) is 4.64. The fourth-order valence-corrected chi connectivity index (χ4v) is 2.44. The molecule has 2 rings (SSSR count). The molecule has 2 aromatic rings. The van der Waals surface area contributed by atoms with Crippen LogP contribution in [-0.4, -0.2) is 0 Å². The summed E-state index contributed by atoms with van der Waals surface area (Å²) in [6.45, 7) is 0.405. The largest absolute Gasteiger partial charge is 0.487 e. The van der Waals surface area contributed by atoms with Crippen LogP contribution in [0.2, 0.25) is 0 Å². The highest BCUT2D eigenvalue weighted by Gasteiger charge is 2.07. The van der Waals surface area contributed by atoms with Crippen LogP contribution in [0.3, 0.4) is 0 Å². The number of halogens is 2. The van der Waals surface area contributed by atoms with Crippen LogP contribution in [0.25, 0.3) is 0 Å². The molecule has 0 aliphatic carbocycles. The van der Waals surface area contributed by atoms with Crippen molar-refractivity contribution in [3.05, 3.63) is 63.6 Å². The third-order valence-corrected chi connectivity index (χ3v) is 3.54. The molecule has 96 valence electrons. The molecule has 0 spiro atoms. The van der Waals surface area contributed by atoms with Gasteiger partial charge in [0.1, 0.15) is 12.4 Å². The first-order valence-corrected chi connectivity index (χ1v) is 7.02. The first kappa shape index (κ1) is 13.9. The molecule has 2 aromatic carbocycles. The maximum atomic E-state index is 8.86. The fraction of sp³-hybridized carbons (Fsp3) is 0.133. The van der Waals surface area contributed by atoms with E-state index in [9.17, 15) is 0 Å². The number of benzene rings is 2. The lowest BCUT2D eigenvalue weighted by atomic mass is 10.1. The number of rotatable bonds is 4. The highest BCUT2D eigenvalue weighted by Crippen LogP contribution is 2.30. The van der Waals surface area contributed by atoms with Crippen molar-refractivity contribution >= 4 is 27.5 Å². The van der Waals surface area contributed by atoms with E-state index in [0.717, 1.165) is 21.3 Å². The van der Waals surface area contributed by atoms with E-state index in [-0.39, 0.29) is 0 Å². The Kier molecular flexibility index (Phi) is 4.84. The lowest BCUT2D eigenvalue weighted by Crippen LogP contribution is -1.99. The van der Waals surface area contributed by atoms with Gasteiger partial charge in [-0.25, -0.2) is 0 Å². The summed E-state index contributed by atoms with van der Waals surface area (Å²) in [6.07, 6.45) is 0. The summed E-state index contributed by atoms with van der Waals surface area (Å²) in [5.41, 5.74) is 2.52. The number of hydrogen-bond acceptors (Lipinski definition) is 2. The predicted molar refractivity (Wildman–Crippen MR) is 79.2 cm³/mol. The van der Waals surface area contributed by atoms with Gasteiger partial charge in [0.15, 0.2) is 0 Å². The minimum absolute atomic E-state index is 0.396. The average Bonchev–Trinajstić information content (AvgIpc) is 2.46. The Morgan fingerprint density at radius 3 is 2.74 bits per heavy atom. The van der Waals surface area contributed by atoms with Crippen LogP contribution in [0.1, 0.15) is 16.7 Å². The molecule has 4 heteroatoms. The number of para-hydroxylation sites is 1. The Morgan fingerprint density at radius 1 is 1.21 bits per heavy atom. The average molecular weight is 337 g/mol.